The Morgan fingerprint density at radius 1 is 0.382 bits per heavy atom. The molecule has 0 aliphatic heterocycles. The molecule has 0 N–H and O–H groups in total. The van der Waals surface area contributed by atoms with Crippen LogP contribution in [0.4, 0.5) is 0 Å². The van der Waals surface area contributed by atoms with E-state index >= 15 is 0 Å². The van der Waals surface area contributed by atoms with Crippen LogP contribution in [0.3, 0.4) is 0 Å². The van der Waals surface area contributed by atoms with Gasteiger partial charge in [-0.1, -0.05) is 168 Å². The minimum Gasteiger partial charge on any atom is -0.308 e. The van der Waals surface area contributed by atoms with Crippen molar-refractivity contribution in [2.24, 2.45) is 0 Å². The smallest absolute Gasteiger partial charge is 0.164 e. The maximum Gasteiger partial charge on any atom is 0.164 e. The Hall–Kier alpha value is -7.29. The average molecular weight is 888 g/mol. The molecule has 338 valence electrons. The Bertz CT molecular complexity index is 3270. The summed E-state index contributed by atoms with van der Waals surface area (Å²) in [6.45, 7) is 27.3. The zero-order valence-corrected chi connectivity index (χ0v) is 41.7. The molecule has 0 saturated heterocycles. The van der Waals surface area contributed by atoms with Crippen LogP contribution >= 0.6 is 0 Å². The van der Waals surface area contributed by atoms with Gasteiger partial charge in [0.15, 0.2) is 5.82 Å². The number of nitriles is 1. The zero-order valence-electron chi connectivity index (χ0n) is 41.7. The average Bonchev–Trinajstić information content (AvgIpc) is 3.82. The van der Waals surface area contributed by atoms with Crippen molar-refractivity contribution in [3.8, 4) is 51.3 Å². The SMILES string of the molecule is CC(C)(C)c1ccc2c(c1)c1cc(C(C)(C)C)ccc1n2-c1cc(C#N)cc(-n2c3ccc(C(C)(C)C)cc3c3cc(C(C)(C)C)ccc32)c1-c1nc(-c2ccccc2)cc(-c2ccccc2)n1. The van der Waals surface area contributed by atoms with Crippen LogP contribution in [0.25, 0.3) is 88.9 Å². The first-order chi connectivity index (χ1) is 32.2. The lowest BCUT2D eigenvalue weighted by Crippen LogP contribution is -2.11. The molecule has 10 aromatic rings. The molecule has 10 rings (SSSR count). The zero-order chi connectivity index (χ0) is 48.1. The van der Waals surface area contributed by atoms with Gasteiger partial charge < -0.3 is 9.13 Å². The van der Waals surface area contributed by atoms with Gasteiger partial charge in [0, 0.05) is 32.7 Å². The Kier molecular flexibility index (Phi) is 10.4. The van der Waals surface area contributed by atoms with Crippen molar-refractivity contribution in [3.63, 3.8) is 0 Å². The minimum absolute atomic E-state index is 0.0703. The van der Waals surface area contributed by atoms with Crippen molar-refractivity contribution in [2.45, 2.75) is 105 Å². The lowest BCUT2D eigenvalue weighted by Gasteiger charge is -2.22. The Morgan fingerprint density at radius 2 is 0.691 bits per heavy atom. The second-order valence-corrected chi connectivity index (χ2v) is 22.8. The van der Waals surface area contributed by atoms with Crippen molar-refractivity contribution >= 4 is 43.6 Å². The Morgan fingerprint density at radius 3 is 0.971 bits per heavy atom. The third-order valence-electron chi connectivity index (χ3n) is 13.8. The number of rotatable bonds is 5. The molecule has 68 heavy (non-hydrogen) atoms. The summed E-state index contributed by atoms with van der Waals surface area (Å²) in [5.41, 5.74) is 15.6. The molecular formula is C63H61N5. The number of nitrogens with zero attached hydrogens (tertiary/aromatic N) is 5. The molecule has 0 amide bonds. The molecule has 5 nitrogen and oxygen atoms in total. The molecule has 0 fully saturated rings. The van der Waals surface area contributed by atoms with E-state index in [-0.39, 0.29) is 21.7 Å². The summed E-state index contributed by atoms with van der Waals surface area (Å²) in [4.78, 5) is 11.2. The minimum atomic E-state index is -0.0703. The van der Waals surface area contributed by atoms with E-state index in [9.17, 15) is 5.26 Å². The summed E-state index contributed by atoms with van der Waals surface area (Å²) in [6, 6.07) is 57.3. The second kappa shape index (κ2) is 15.9. The molecule has 0 radical (unpaired) electrons. The highest BCUT2D eigenvalue weighted by atomic mass is 15.0. The number of hydrogen-bond donors (Lipinski definition) is 0. The summed E-state index contributed by atoms with van der Waals surface area (Å²) in [7, 11) is 0. The van der Waals surface area contributed by atoms with Crippen LogP contribution in [0.5, 0.6) is 0 Å². The third kappa shape index (κ3) is 7.76. The number of hydrogen-bond acceptors (Lipinski definition) is 3. The molecule has 0 saturated carbocycles. The Labute approximate surface area is 401 Å². The third-order valence-corrected chi connectivity index (χ3v) is 13.8. The second-order valence-electron chi connectivity index (χ2n) is 22.8. The van der Waals surface area contributed by atoms with Gasteiger partial charge in [0.2, 0.25) is 0 Å². The maximum atomic E-state index is 11.2. The quantitative estimate of drug-likeness (QED) is 0.173. The predicted octanol–water partition coefficient (Wildman–Crippen LogP) is 16.7. The van der Waals surface area contributed by atoms with Crippen LogP contribution in [0.2, 0.25) is 0 Å². The van der Waals surface area contributed by atoms with E-state index in [0.717, 1.165) is 61.5 Å². The fourth-order valence-electron chi connectivity index (χ4n) is 9.76. The lowest BCUT2D eigenvalue weighted by molar-refractivity contribution is 0.590. The van der Waals surface area contributed by atoms with E-state index < -0.39 is 0 Å². The normalized spacial score (nSPS) is 12.7. The monoisotopic (exact) mass is 887 g/mol. The molecule has 3 aromatic heterocycles. The molecule has 0 unspecified atom stereocenters. The van der Waals surface area contributed by atoms with Crippen molar-refractivity contribution in [1.82, 2.24) is 19.1 Å². The molecule has 0 spiro atoms. The van der Waals surface area contributed by atoms with Crippen molar-refractivity contribution in [2.75, 3.05) is 0 Å². The maximum absolute atomic E-state index is 11.2. The molecule has 0 bridgehead atoms. The topological polar surface area (TPSA) is 59.4 Å². The molecule has 0 aliphatic rings. The van der Waals surface area contributed by atoms with Gasteiger partial charge in [-0.15, -0.1) is 0 Å². The highest BCUT2D eigenvalue weighted by Gasteiger charge is 2.29. The van der Waals surface area contributed by atoms with Crippen LogP contribution in [-0.4, -0.2) is 19.1 Å². The predicted molar refractivity (Wildman–Crippen MR) is 287 cm³/mol. The van der Waals surface area contributed by atoms with Gasteiger partial charge in [-0.3, -0.25) is 0 Å². The molecule has 7 aromatic carbocycles. The van der Waals surface area contributed by atoms with E-state index in [4.69, 9.17) is 9.97 Å². The highest BCUT2D eigenvalue weighted by Crippen LogP contribution is 2.45. The van der Waals surface area contributed by atoms with Gasteiger partial charge in [-0.05, 0) is 111 Å². The van der Waals surface area contributed by atoms with Crippen molar-refractivity contribution in [1.29, 1.82) is 5.26 Å². The van der Waals surface area contributed by atoms with E-state index in [1.807, 2.05) is 12.1 Å². The summed E-state index contributed by atoms with van der Waals surface area (Å²) < 4.78 is 4.74. The molecule has 5 heteroatoms. The first kappa shape index (κ1) is 44.5. The van der Waals surface area contributed by atoms with Gasteiger partial charge in [-0.25, -0.2) is 9.97 Å². The number of benzene rings is 7. The van der Waals surface area contributed by atoms with Gasteiger partial charge in [0.1, 0.15) is 0 Å². The summed E-state index contributed by atoms with van der Waals surface area (Å²) in [5, 5.41) is 15.8. The van der Waals surface area contributed by atoms with Gasteiger partial charge in [0.05, 0.1) is 62.0 Å². The van der Waals surface area contributed by atoms with E-state index in [1.165, 1.54) is 43.8 Å². The molecule has 3 heterocycles. The van der Waals surface area contributed by atoms with Crippen LogP contribution in [-0.2, 0) is 21.7 Å². The highest BCUT2D eigenvalue weighted by molar-refractivity contribution is 6.12. The molecule has 0 atom stereocenters. The van der Waals surface area contributed by atoms with Crippen LogP contribution in [0.1, 0.15) is 111 Å². The van der Waals surface area contributed by atoms with E-state index in [1.54, 1.807) is 0 Å². The van der Waals surface area contributed by atoms with E-state index in [2.05, 4.69) is 238 Å². The molecular weight excluding hydrogens is 827 g/mol. The number of aromatic nitrogens is 4. The summed E-state index contributed by atoms with van der Waals surface area (Å²) in [5.74, 6) is 0.569. The summed E-state index contributed by atoms with van der Waals surface area (Å²) in [6.07, 6.45) is 0. The fourth-order valence-corrected chi connectivity index (χ4v) is 9.76. The number of fused-ring (bicyclic) bond motifs is 6. The lowest BCUT2D eigenvalue weighted by atomic mass is 9.85. The first-order valence-corrected chi connectivity index (χ1v) is 24.0. The van der Waals surface area contributed by atoms with E-state index in [0.29, 0.717) is 11.4 Å². The van der Waals surface area contributed by atoms with Crippen LogP contribution < -0.4 is 0 Å². The van der Waals surface area contributed by atoms with Crippen molar-refractivity contribution < 1.29 is 0 Å². The van der Waals surface area contributed by atoms with Crippen LogP contribution in [0, 0.1) is 11.3 Å². The van der Waals surface area contributed by atoms with Gasteiger partial charge in [0.25, 0.3) is 0 Å². The molecule has 0 aliphatic carbocycles. The fraction of sp³-hybridized carbons (Fsp3) is 0.254. The van der Waals surface area contributed by atoms with Gasteiger partial charge in [-0.2, -0.15) is 5.26 Å². The van der Waals surface area contributed by atoms with Crippen LogP contribution in [0.15, 0.2) is 152 Å². The van der Waals surface area contributed by atoms with Gasteiger partial charge >= 0.3 is 0 Å². The standard InChI is InChI=1S/C63H61N5/c1-60(2,3)42-23-27-52-46(33-42)47-34-43(61(4,5)6)24-28-53(47)67(52)56-31-39(38-64)32-57(58(56)59-65-50(40-19-15-13-16-20-40)37-51(66-59)41-21-17-14-18-22-41)68-54-29-25-44(62(7,8)9)35-48(54)49-36-45(63(10,11)12)26-30-55(49)68/h13-37H,1-12H3. The summed E-state index contributed by atoms with van der Waals surface area (Å²) >= 11 is 0. The Balaban J connectivity index is 1.42. The largest absolute Gasteiger partial charge is 0.308 e. The van der Waals surface area contributed by atoms with Crippen molar-refractivity contribution in [3.05, 3.63) is 179 Å². The first-order valence-electron chi connectivity index (χ1n) is 24.0.